The van der Waals surface area contributed by atoms with E-state index in [0.29, 0.717) is 0 Å². The zero-order valence-corrected chi connectivity index (χ0v) is 15.1. The van der Waals surface area contributed by atoms with Crippen LogP contribution in [0.4, 0.5) is 0 Å². The van der Waals surface area contributed by atoms with Gasteiger partial charge < -0.3 is 25.2 Å². The highest BCUT2D eigenvalue weighted by Gasteiger charge is 2.43. The minimum Gasteiger partial charge on any atom is -0.394 e. The summed E-state index contributed by atoms with van der Waals surface area (Å²) in [5.41, 5.74) is 2.99. The molecule has 3 rings (SSSR count). The molecular weight excluding hydrogens is 352 g/mol. The van der Waals surface area contributed by atoms with Gasteiger partial charge >= 0.3 is 0 Å². The summed E-state index contributed by atoms with van der Waals surface area (Å²) in [7, 11) is 0. The molecule has 1 aromatic heterocycles. The van der Waals surface area contributed by atoms with Crippen LogP contribution >= 0.6 is 11.3 Å². The molecule has 6 heteroatoms. The molecule has 5 atom stereocenters. The van der Waals surface area contributed by atoms with Crippen molar-refractivity contribution in [1.29, 1.82) is 0 Å². The summed E-state index contributed by atoms with van der Waals surface area (Å²) in [6.07, 6.45) is -4.85. The summed E-state index contributed by atoms with van der Waals surface area (Å²) in [6, 6.07) is 9.99. The van der Waals surface area contributed by atoms with Gasteiger partial charge in [-0.3, -0.25) is 0 Å². The van der Waals surface area contributed by atoms with E-state index in [1.54, 1.807) is 11.3 Å². The lowest BCUT2D eigenvalue weighted by Gasteiger charge is -2.40. The highest BCUT2D eigenvalue weighted by atomic mass is 32.1. The van der Waals surface area contributed by atoms with Crippen LogP contribution in [0.15, 0.2) is 30.3 Å². The molecule has 0 saturated carbocycles. The summed E-state index contributed by atoms with van der Waals surface area (Å²) in [6.45, 7) is 3.69. The Morgan fingerprint density at radius 1 is 1.00 bits per heavy atom. The molecule has 26 heavy (non-hydrogen) atoms. The van der Waals surface area contributed by atoms with Gasteiger partial charge in [-0.1, -0.05) is 25.6 Å². The minimum absolute atomic E-state index is 0. The zero-order valence-electron chi connectivity index (χ0n) is 14.3. The van der Waals surface area contributed by atoms with E-state index in [1.807, 2.05) is 25.1 Å². The average Bonchev–Trinajstić information content (AvgIpc) is 3.00. The van der Waals surface area contributed by atoms with E-state index >= 15 is 0 Å². The third-order valence-electron chi connectivity index (χ3n) is 4.75. The number of aliphatic hydroxyl groups excluding tert-OH is 4. The summed E-state index contributed by atoms with van der Waals surface area (Å²) < 4.78 is 5.66. The molecule has 2 aromatic rings. The average molecular weight is 381 g/mol. The smallest absolute Gasteiger partial charge is 0.113 e. The highest BCUT2D eigenvalue weighted by Crippen LogP contribution is 2.33. The fourth-order valence-electron chi connectivity index (χ4n) is 3.20. The van der Waals surface area contributed by atoms with E-state index in [0.717, 1.165) is 23.1 Å². The predicted octanol–water partition coefficient (Wildman–Crippen LogP) is 2.11. The maximum absolute atomic E-state index is 10.3. The van der Waals surface area contributed by atoms with E-state index < -0.39 is 37.1 Å². The molecule has 5 nitrogen and oxygen atoms in total. The van der Waals surface area contributed by atoms with Crippen LogP contribution in [0.3, 0.4) is 0 Å². The number of hydrogen-bond acceptors (Lipinski definition) is 6. The molecule has 1 aromatic carbocycles. The molecule has 1 aliphatic rings. The molecule has 0 amide bonds. The van der Waals surface area contributed by atoms with Crippen LogP contribution in [-0.2, 0) is 11.2 Å². The number of hydrogen-bond donors (Lipinski definition) is 4. The molecule has 4 N–H and O–H groups in total. The Balaban J connectivity index is 0.00000243. The topological polar surface area (TPSA) is 90.2 Å². The van der Waals surface area contributed by atoms with Gasteiger partial charge in [-0.25, -0.2) is 0 Å². The van der Waals surface area contributed by atoms with Crippen molar-refractivity contribution < 1.29 is 25.2 Å². The molecule has 1 saturated heterocycles. The molecule has 144 valence electrons. The standard InChI is InChI=1S/C19H24O5S.CH4/c1-10-3-5-12(7-13(10)8-14-6-4-11(2)25-14)19-18(23)17(22)16(21)15(9-20)24-19;/h3-7,15-23H,8-9H2,1-2H3;1H4/t15-,16-,17+,18-,19+;/m1./s1. The van der Waals surface area contributed by atoms with Crippen molar-refractivity contribution in [3.63, 3.8) is 0 Å². The summed E-state index contributed by atoms with van der Waals surface area (Å²) in [5, 5.41) is 39.6. The third kappa shape index (κ3) is 4.17. The summed E-state index contributed by atoms with van der Waals surface area (Å²) in [4.78, 5) is 2.52. The first-order valence-electron chi connectivity index (χ1n) is 8.36. The first kappa shape index (κ1) is 21.0. The Bertz CT molecular complexity index is 727. The highest BCUT2D eigenvalue weighted by molar-refractivity contribution is 7.11. The Labute approximate surface area is 158 Å². The van der Waals surface area contributed by atoms with Crippen LogP contribution in [0, 0.1) is 13.8 Å². The molecular formula is C20H28O5S. The second-order valence-corrected chi connectivity index (χ2v) is 8.00. The van der Waals surface area contributed by atoms with E-state index in [2.05, 4.69) is 19.1 Å². The van der Waals surface area contributed by atoms with Crippen molar-refractivity contribution >= 4 is 11.3 Å². The van der Waals surface area contributed by atoms with E-state index in [4.69, 9.17) is 4.74 Å². The van der Waals surface area contributed by atoms with E-state index in [-0.39, 0.29) is 7.43 Å². The van der Waals surface area contributed by atoms with Gasteiger partial charge in [0.1, 0.15) is 30.5 Å². The van der Waals surface area contributed by atoms with Crippen LogP contribution in [0.1, 0.15) is 40.0 Å². The van der Waals surface area contributed by atoms with Crippen molar-refractivity contribution in [1.82, 2.24) is 0 Å². The number of rotatable bonds is 4. The molecule has 2 heterocycles. The molecule has 0 unspecified atom stereocenters. The first-order chi connectivity index (χ1) is 11.9. The number of thiophene rings is 1. The van der Waals surface area contributed by atoms with Crippen LogP contribution in [0.2, 0.25) is 0 Å². The van der Waals surface area contributed by atoms with E-state index in [9.17, 15) is 20.4 Å². The van der Waals surface area contributed by atoms with Crippen molar-refractivity contribution in [3.8, 4) is 0 Å². The molecule has 0 radical (unpaired) electrons. The quantitative estimate of drug-likeness (QED) is 0.652. The predicted molar refractivity (Wildman–Crippen MR) is 102 cm³/mol. The van der Waals surface area contributed by atoms with Gasteiger partial charge in [0.2, 0.25) is 0 Å². The molecule has 0 spiro atoms. The van der Waals surface area contributed by atoms with Crippen LogP contribution in [0.25, 0.3) is 0 Å². The Kier molecular flexibility index (Phi) is 6.96. The van der Waals surface area contributed by atoms with E-state index in [1.165, 1.54) is 9.75 Å². The van der Waals surface area contributed by atoms with Crippen LogP contribution in [-0.4, -0.2) is 51.4 Å². The normalized spacial score (nSPS) is 28.6. The van der Waals surface area contributed by atoms with Gasteiger partial charge in [0.25, 0.3) is 0 Å². The SMILES string of the molecule is C.Cc1ccc(Cc2cc([C@@H]3O[C@H](CO)[C@@H](O)[C@H](O)[C@H]3O)ccc2C)s1. The Morgan fingerprint density at radius 3 is 2.35 bits per heavy atom. The summed E-state index contributed by atoms with van der Waals surface area (Å²) in [5.74, 6) is 0. The number of aryl methyl sites for hydroxylation is 2. The fourth-order valence-corrected chi connectivity index (χ4v) is 4.12. The lowest BCUT2D eigenvalue weighted by atomic mass is 9.89. The summed E-state index contributed by atoms with van der Waals surface area (Å²) >= 11 is 1.75. The van der Waals surface area contributed by atoms with Gasteiger partial charge in [0.05, 0.1) is 6.61 Å². The maximum Gasteiger partial charge on any atom is 0.113 e. The fraction of sp³-hybridized carbons (Fsp3) is 0.500. The second kappa shape index (κ2) is 8.61. The lowest BCUT2D eigenvalue weighted by Crippen LogP contribution is -2.55. The van der Waals surface area contributed by atoms with Crippen molar-refractivity contribution in [2.24, 2.45) is 0 Å². The minimum atomic E-state index is -1.36. The monoisotopic (exact) mass is 380 g/mol. The van der Waals surface area contributed by atoms with Crippen molar-refractivity contribution in [2.45, 2.75) is 58.2 Å². The van der Waals surface area contributed by atoms with Gasteiger partial charge in [-0.15, -0.1) is 11.3 Å². The largest absolute Gasteiger partial charge is 0.394 e. The Morgan fingerprint density at radius 2 is 1.73 bits per heavy atom. The zero-order chi connectivity index (χ0) is 18.1. The molecule has 0 bridgehead atoms. The van der Waals surface area contributed by atoms with Crippen LogP contribution in [0.5, 0.6) is 0 Å². The lowest BCUT2D eigenvalue weighted by molar-refractivity contribution is -0.231. The second-order valence-electron chi connectivity index (χ2n) is 6.62. The van der Waals surface area contributed by atoms with Gasteiger partial charge in [-0.05, 0) is 42.7 Å². The van der Waals surface area contributed by atoms with Crippen LogP contribution < -0.4 is 0 Å². The maximum atomic E-state index is 10.3. The number of aliphatic hydroxyl groups is 4. The van der Waals surface area contributed by atoms with Gasteiger partial charge in [0, 0.05) is 16.2 Å². The number of benzene rings is 1. The first-order valence-corrected chi connectivity index (χ1v) is 9.17. The van der Waals surface area contributed by atoms with Gasteiger partial charge in [0.15, 0.2) is 0 Å². The third-order valence-corrected chi connectivity index (χ3v) is 5.76. The Hall–Kier alpha value is -1.28. The van der Waals surface area contributed by atoms with Crippen molar-refractivity contribution in [3.05, 3.63) is 56.8 Å². The molecule has 1 aliphatic heterocycles. The van der Waals surface area contributed by atoms with Crippen molar-refractivity contribution in [2.75, 3.05) is 6.61 Å². The molecule has 1 fully saturated rings. The van der Waals surface area contributed by atoms with Gasteiger partial charge in [-0.2, -0.15) is 0 Å². The number of ether oxygens (including phenoxy) is 1. The molecule has 0 aliphatic carbocycles.